The van der Waals surface area contributed by atoms with Gasteiger partial charge in [-0.2, -0.15) is 0 Å². The minimum atomic E-state index is -1.19. The van der Waals surface area contributed by atoms with Gasteiger partial charge in [0.2, 0.25) is 0 Å². The van der Waals surface area contributed by atoms with Crippen molar-refractivity contribution in [3.8, 4) is 11.3 Å². The molecule has 1 aliphatic rings. The van der Waals surface area contributed by atoms with Crippen molar-refractivity contribution in [2.24, 2.45) is 7.05 Å². The van der Waals surface area contributed by atoms with Crippen molar-refractivity contribution >= 4 is 22.4 Å². The molecule has 0 unspecified atom stereocenters. The zero-order valence-corrected chi connectivity index (χ0v) is 17.4. The minimum absolute atomic E-state index is 0.0400. The van der Waals surface area contributed by atoms with E-state index in [0.717, 1.165) is 22.0 Å². The van der Waals surface area contributed by atoms with E-state index in [2.05, 4.69) is 21.0 Å². The fraction of sp³-hybridized carbons (Fsp3) is 0.250. The van der Waals surface area contributed by atoms with E-state index in [9.17, 15) is 9.18 Å². The molecule has 6 nitrogen and oxygen atoms in total. The molecule has 5 rings (SSSR count). The van der Waals surface area contributed by atoms with Crippen LogP contribution in [0.2, 0.25) is 0 Å². The molecule has 0 bridgehead atoms. The molecule has 4 aromatic rings. The van der Waals surface area contributed by atoms with Crippen LogP contribution in [0.15, 0.2) is 61.3 Å². The zero-order valence-electron chi connectivity index (χ0n) is 17.4. The van der Waals surface area contributed by atoms with E-state index in [1.54, 1.807) is 37.8 Å². The Hall–Kier alpha value is -3.61. The quantitative estimate of drug-likeness (QED) is 0.461. The monoisotopic (exact) mass is 415 g/mol. The Morgan fingerprint density at radius 2 is 1.94 bits per heavy atom. The number of Topliss-reactive ketones (excluding diaryl/α,β-unsaturated/α-hetero) is 1. The molecule has 0 aliphatic carbocycles. The molecular weight excluding hydrogens is 393 g/mol. The first-order valence-electron chi connectivity index (χ1n) is 10.2. The number of fused-ring (bicyclic) bond motifs is 1. The topological polar surface area (TPSA) is 63.9 Å². The number of imidazole rings is 1. The summed E-state index contributed by atoms with van der Waals surface area (Å²) in [6, 6.07) is 11.5. The van der Waals surface area contributed by atoms with Crippen LogP contribution in [0.3, 0.4) is 0 Å². The van der Waals surface area contributed by atoms with Crippen LogP contribution in [0, 0.1) is 0 Å². The van der Waals surface area contributed by atoms with E-state index >= 15 is 0 Å². The third-order valence-electron chi connectivity index (χ3n) is 5.67. The van der Waals surface area contributed by atoms with Gasteiger partial charge in [-0.25, -0.2) is 14.4 Å². The Labute approximate surface area is 179 Å². The molecule has 0 N–H and O–H groups in total. The molecule has 7 heteroatoms. The fourth-order valence-electron chi connectivity index (χ4n) is 4.02. The Morgan fingerprint density at radius 3 is 2.68 bits per heavy atom. The summed E-state index contributed by atoms with van der Waals surface area (Å²) in [7, 11) is 1.96. The zero-order chi connectivity index (χ0) is 21.6. The van der Waals surface area contributed by atoms with Crippen LogP contribution in [0.25, 0.3) is 22.0 Å². The number of halogens is 1. The van der Waals surface area contributed by atoms with E-state index in [1.165, 1.54) is 0 Å². The number of aromatic nitrogens is 4. The van der Waals surface area contributed by atoms with Crippen LogP contribution >= 0.6 is 0 Å². The van der Waals surface area contributed by atoms with Crippen LogP contribution in [-0.4, -0.2) is 44.1 Å². The van der Waals surface area contributed by atoms with Crippen molar-refractivity contribution in [1.82, 2.24) is 19.5 Å². The maximum absolute atomic E-state index is 13.8. The second-order valence-electron chi connectivity index (χ2n) is 8.40. The van der Waals surface area contributed by atoms with Crippen molar-refractivity contribution in [2.75, 3.05) is 18.0 Å². The molecule has 4 heterocycles. The number of carbonyl (C=O) groups is 1. The smallest absolute Gasteiger partial charge is 0.169 e. The van der Waals surface area contributed by atoms with E-state index in [-0.39, 0.29) is 12.2 Å². The van der Waals surface area contributed by atoms with Crippen LogP contribution in [-0.2, 0) is 13.5 Å². The van der Waals surface area contributed by atoms with Gasteiger partial charge in [-0.15, -0.1) is 0 Å². The van der Waals surface area contributed by atoms with Gasteiger partial charge in [-0.05, 0) is 36.6 Å². The summed E-state index contributed by atoms with van der Waals surface area (Å²) < 4.78 is 15.8. The number of hydrogen-bond acceptors (Lipinski definition) is 5. The predicted molar refractivity (Wildman–Crippen MR) is 118 cm³/mol. The highest BCUT2D eigenvalue weighted by atomic mass is 19.1. The lowest BCUT2D eigenvalue weighted by Gasteiger charge is -2.43. The Kier molecular flexibility index (Phi) is 4.54. The molecule has 1 aliphatic heterocycles. The molecule has 1 fully saturated rings. The molecular formula is C24H22FN5O. The van der Waals surface area contributed by atoms with Gasteiger partial charge in [0.1, 0.15) is 11.5 Å². The first-order valence-corrected chi connectivity index (χ1v) is 10.2. The van der Waals surface area contributed by atoms with Gasteiger partial charge in [0.15, 0.2) is 5.78 Å². The van der Waals surface area contributed by atoms with E-state index in [0.29, 0.717) is 30.2 Å². The third-order valence-corrected chi connectivity index (χ3v) is 5.67. The van der Waals surface area contributed by atoms with Gasteiger partial charge < -0.3 is 9.47 Å². The summed E-state index contributed by atoms with van der Waals surface area (Å²) in [6.07, 6.45) is 7.19. The molecule has 156 valence electrons. The molecule has 31 heavy (non-hydrogen) atoms. The summed E-state index contributed by atoms with van der Waals surface area (Å²) in [4.78, 5) is 27.7. The van der Waals surface area contributed by atoms with Crippen LogP contribution < -0.4 is 4.90 Å². The minimum Gasteiger partial charge on any atom is -0.350 e. The van der Waals surface area contributed by atoms with Gasteiger partial charge in [0, 0.05) is 41.6 Å². The Bertz CT molecular complexity index is 1290. The number of anilines is 1. The van der Waals surface area contributed by atoms with Gasteiger partial charge >= 0.3 is 0 Å². The molecule has 0 spiro atoms. The second-order valence-corrected chi connectivity index (χ2v) is 8.40. The average molecular weight is 415 g/mol. The maximum Gasteiger partial charge on any atom is 0.169 e. The molecule has 0 saturated carbocycles. The molecule has 1 aromatic carbocycles. The van der Waals surface area contributed by atoms with Crippen molar-refractivity contribution in [2.45, 2.75) is 19.0 Å². The van der Waals surface area contributed by atoms with Crippen molar-refractivity contribution in [3.05, 3.63) is 72.6 Å². The maximum atomic E-state index is 13.8. The summed E-state index contributed by atoms with van der Waals surface area (Å²) in [5.41, 5.74) is 2.16. The van der Waals surface area contributed by atoms with Crippen molar-refractivity contribution < 1.29 is 9.18 Å². The van der Waals surface area contributed by atoms with E-state index in [1.807, 2.05) is 40.9 Å². The normalized spacial score (nSPS) is 15.1. The molecule has 0 amide bonds. The number of ketones is 1. The first-order chi connectivity index (χ1) is 14.9. The lowest BCUT2D eigenvalue weighted by molar-refractivity contribution is 0.0992. The predicted octanol–water partition coefficient (Wildman–Crippen LogP) is 4.00. The van der Waals surface area contributed by atoms with Crippen molar-refractivity contribution in [1.29, 1.82) is 0 Å². The summed E-state index contributed by atoms with van der Waals surface area (Å²) in [5.74, 6) is 0.593. The molecule has 0 atom stereocenters. The van der Waals surface area contributed by atoms with E-state index in [4.69, 9.17) is 0 Å². The number of hydrogen-bond donors (Lipinski definition) is 0. The molecule has 0 radical (unpaired) electrons. The first kappa shape index (κ1) is 19.4. The number of benzene rings is 1. The summed E-state index contributed by atoms with van der Waals surface area (Å²) >= 11 is 0. The summed E-state index contributed by atoms with van der Waals surface area (Å²) in [6.45, 7) is 2.16. The number of pyridine rings is 2. The standard InChI is InChI=1S/C24H22FN5O/c1-24(25)13-30(14-24)23-9-17(5-6-27-23)22(31)10-20-8-19-7-16(3-4-18(19)11-28-20)21-12-26-15-29(21)2/h3-9,11-12,15H,10,13-14H2,1-2H3. The highest BCUT2D eigenvalue weighted by Crippen LogP contribution is 2.29. The van der Waals surface area contributed by atoms with Crippen LogP contribution in [0.4, 0.5) is 10.2 Å². The fourth-order valence-corrected chi connectivity index (χ4v) is 4.02. The lowest BCUT2D eigenvalue weighted by Crippen LogP contribution is -2.57. The molecule has 1 saturated heterocycles. The van der Waals surface area contributed by atoms with Gasteiger partial charge in [0.25, 0.3) is 0 Å². The number of rotatable bonds is 5. The molecule has 3 aromatic heterocycles. The second kappa shape index (κ2) is 7.27. The third kappa shape index (κ3) is 3.79. The van der Waals surface area contributed by atoms with Crippen LogP contribution in [0.5, 0.6) is 0 Å². The highest BCUT2D eigenvalue weighted by molar-refractivity contribution is 5.98. The van der Waals surface area contributed by atoms with E-state index < -0.39 is 5.67 Å². The number of carbonyl (C=O) groups excluding carboxylic acids is 1. The number of nitrogens with zero attached hydrogens (tertiary/aromatic N) is 5. The number of aryl methyl sites for hydroxylation is 1. The SMILES string of the molecule is Cn1cncc1-c1ccc2cnc(CC(=O)c3ccnc(N4CC(C)(F)C4)c3)cc2c1. The number of alkyl halides is 1. The lowest BCUT2D eigenvalue weighted by atomic mass is 9.98. The van der Waals surface area contributed by atoms with Gasteiger partial charge in [-0.1, -0.05) is 12.1 Å². The Morgan fingerprint density at radius 1 is 1.10 bits per heavy atom. The van der Waals surface area contributed by atoms with Crippen LogP contribution in [0.1, 0.15) is 23.0 Å². The average Bonchev–Trinajstić information content (AvgIpc) is 3.17. The Balaban J connectivity index is 1.37. The van der Waals surface area contributed by atoms with Gasteiger partial charge in [-0.3, -0.25) is 9.78 Å². The highest BCUT2D eigenvalue weighted by Gasteiger charge is 2.39. The summed E-state index contributed by atoms with van der Waals surface area (Å²) in [5, 5.41) is 2.04. The largest absolute Gasteiger partial charge is 0.350 e. The van der Waals surface area contributed by atoms with Crippen molar-refractivity contribution in [3.63, 3.8) is 0 Å². The van der Waals surface area contributed by atoms with Gasteiger partial charge in [0.05, 0.1) is 37.7 Å².